The monoisotopic (exact) mass is 1150 g/mol. The van der Waals surface area contributed by atoms with E-state index in [2.05, 4.69) is 124 Å². The fourth-order valence-electron chi connectivity index (χ4n) is 9.95. The first-order chi connectivity index (χ1) is 41.0. The molecule has 0 radical (unpaired) electrons. The number of allylic oxidation sites excluding steroid dienone is 18. The number of hydrogen-bond acceptors (Lipinski definition) is 6. The van der Waals surface area contributed by atoms with Crippen molar-refractivity contribution in [3.8, 4) is 0 Å². The molecule has 0 aliphatic carbocycles. The highest BCUT2D eigenvalue weighted by Gasteiger charge is 2.19. The van der Waals surface area contributed by atoms with Gasteiger partial charge in [0.05, 0.1) is 0 Å². The van der Waals surface area contributed by atoms with Crippen LogP contribution < -0.4 is 0 Å². The van der Waals surface area contributed by atoms with Crippen LogP contribution in [0.2, 0.25) is 0 Å². The number of carbonyl (C=O) groups is 3. The Morgan fingerprint density at radius 1 is 0.253 bits per heavy atom. The van der Waals surface area contributed by atoms with Gasteiger partial charge < -0.3 is 14.2 Å². The van der Waals surface area contributed by atoms with Crippen molar-refractivity contribution >= 4 is 17.9 Å². The first-order valence-corrected chi connectivity index (χ1v) is 35.4. The minimum atomic E-state index is -0.822. The summed E-state index contributed by atoms with van der Waals surface area (Å²) in [6.07, 6.45) is 97.3. The SMILES string of the molecule is CC/C=C\C/C=C\C/C=C\C/C=C\C/C=C\C/C=C\CCC(=O)OC(COC(=O)CCCCCCC/C=C\CCCC)COC(=O)CCCCCCCCCCCCCCCCCCCCCCCCC/C=C\C/C=C\CCCCCCC. The van der Waals surface area contributed by atoms with Gasteiger partial charge in [0.1, 0.15) is 13.2 Å². The summed E-state index contributed by atoms with van der Waals surface area (Å²) in [5.74, 6) is -0.994. The number of ether oxygens (including phenoxy) is 3. The number of unbranched alkanes of at least 4 members (excludes halogenated alkanes) is 35. The summed E-state index contributed by atoms with van der Waals surface area (Å²) in [5, 5.41) is 0. The molecule has 0 amide bonds. The van der Waals surface area contributed by atoms with Gasteiger partial charge in [-0.05, 0) is 109 Å². The molecule has 0 spiro atoms. The molecule has 0 saturated carbocycles. The Bertz CT molecular complexity index is 1660. The van der Waals surface area contributed by atoms with Crippen LogP contribution in [0.3, 0.4) is 0 Å². The molecule has 476 valence electrons. The summed E-state index contributed by atoms with van der Waals surface area (Å²) >= 11 is 0. The Hall–Kier alpha value is -3.93. The Morgan fingerprint density at radius 3 is 0.831 bits per heavy atom. The number of carbonyl (C=O) groups excluding carboxylic acids is 3. The molecule has 0 aliphatic heterocycles. The molecule has 0 saturated heterocycles. The Kier molecular flexibility index (Phi) is 67.2. The largest absolute Gasteiger partial charge is 0.462 e. The molecule has 6 nitrogen and oxygen atoms in total. The summed E-state index contributed by atoms with van der Waals surface area (Å²) < 4.78 is 16.8. The maximum atomic E-state index is 12.9. The highest BCUT2D eigenvalue weighted by Crippen LogP contribution is 2.17. The van der Waals surface area contributed by atoms with Gasteiger partial charge in [0.15, 0.2) is 6.10 Å². The second-order valence-electron chi connectivity index (χ2n) is 23.4. The van der Waals surface area contributed by atoms with E-state index in [4.69, 9.17) is 14.2 Å². The van der Waals surface area contributed by atoms with E-state index in [1.807, 2.05) is 6.08 Å². The minimum absolute atomic E-state index is 0.109. The molecular weight excluding hydrogens is 1020 g/mol. The van der Waals surface area contributed by atoms with Crippen LogP contribution >= 0.6 is 0 Å². The minimum Gasteiger partial charge on any atom is -0.462 e. The molecule has 1 unspecified atom stereocenters. The number of hydrogen-bond donors (Lipinski definition) is 0. The predicted octanol–water partition coefficient (Wildman–Crippen LogP) is 24.6. The van der Waals surface area contributed by atoms with Crippen molar-refractivity contribution < 1.29 is 28.6 Å². The van der Waals surface area contributed by atoms with Gasteiger partial charge in [-0.25, -0.2) is 0 Å². The van der Waals surface area contributed by atoms with Crippen LogP contribution in [0.25, 0.3) is 0 Å². The maximum absolute atomic E-state index is 12.9. The lowest BCUT2D eigenvalue weighted by Crippen LogP contribution is -2.30. The third kappa shape index (κ3) is 68.7. The van der Waals surface area contributed by atoms with Crippen molar-refractivity contribution in [1.29, 1.82) is 0 Å². The van der Waals surface area contributed by atoms with Crippen LogP contribution in [0, 0.1) is 0 Å². The van der Waals surface area contributed by atoms with Gasteiger partial charge in [0.2, 0.25) is 0 Å². The first-order valence-electron chi connectivity index (χ1n) is 35.4. The van der Waals surface area contributed by atoms with E-state index in [0.717, 1.165) is 96.3 Å². The Labute approximate surface area is 514 Å². The van der Waals surface area contributed by atoms with Gasteiger partial charge in [-0.2, -0.15) is 0 Å². The summed E-state index contributed by atoms with van der Waals surface area (Å²) in [6.45, 7) is 6.43. The van der Waals surface area contributed by atoms with Crippen LogP contribution in [-0.4, -0.2) is 37.2 Å². The fourth-order valence-corrected chi connectivity index (χ4v) is 9.95. The zero-order chi connectivity index (χ0) is 59.9. The molecular formula is C77H132O6. The van der Waals surface area contributed by atoms with Crippen LogP contribution in [0.15, 0.2) is 109 Å². The Morgan fingerprint density at radius 2 is 0.506 bits per heavy atom. The van der Waals surface area contributed by atoms with Crippen LogP contribution in [0.1, 0.15) is 342 Å². The smallest absolute Gasteiger partial charge is 0.306 e. The average Bonchev–Trinajstić information content (AvgIpc) is 3.48. The van der Waals surface area contributed by atoms with E-state index in [1.165, 1.54) is 199 Å². The van der Waals surface area contributed by atoms with E-state index < -0.39 is 12.1 Å². The Balaban J connectivity index is 4.15. The summed E-state index contributed by atoms with van der Waals surface area (Å²) in [7, 11) is 0. The van der Waals surface area contributed by atoms with Gasteiger partial charge in [-0.1, -0.05) is 323 Å². The van der Waals surface area contributed by atoms with Crippen LogP contribution in [-0.2, 0) is 28.6 Å². The molecule has 0 fully saturated rings. The topological polar surface area (TPSA) is 78.9 Å². The fraction of sp³-hybridized carbons (Fsp3) is 0.727. The molecule has 0 aromatic heterocycles. The second-order valence-corrected chi connectivity index (χ2v) is 23.4. The molecule has 0 bridgehead atoms. The highest BCUT2D eigenvalue weighted by atomic mass is 16.6. The zero-order valence-corrected chi connectivity index (χ0v) is 54.7. The van der Waals surface area contributed by atoms with E-state index in [9.17, 15) is 14.4 Å². The van der Waals surface area contributed by atoms with Crippen molar-refractivity contribution in [2.75, 3.05) is 13.2 Å². The van der Waals surface area contributed by atoms with Crippen LogP contribution in [0.5, 0.6) is 0 Å². The van der Waals surface area contributed by atoms with Gasteiger partial charge in [0, 0.05) is 19.3 Å². The van der Waals surface area contributed by atoms with Gasteiger partial charge in [-0.15, -0.1) is 0 Å². The molecule has 0 aromatic rings. The van der Waals surface area contributed by atoms with Gasteiger partial charge in [-0.3, -0.25) is 14.4 Å². The van der Waals surface area contributed by atoms with Crippen molar-refractivity contribution in [3.63, 3.8) is 0 Å². The normalized spacial score (nSPS) is 12.8. The molecule has 1 atom stereocenters. The molecule has 0 aromatic carbocycles. The summed E-state index contributed by atoms with van der Waals surface area (Å²) in [6, 6.07) is 0. The second kappa shape index (κ2) is 70.6. The zero-order valence-electron chi connectivity index (χ0n) is 54.7. The summed E-state index contributed by atoms with van der Waals surface area (Å²) in [5.41, 5.74) is 0. The highest BCUT2D eigenvalue weighted by molar-refractivity contribution is 5.71. The quantitative estimate of drug-likeness (QED) is 0.0261. The molecule has 0 N–H and O–H groups in total. The van der Waals surface area contributed by atoms with Gasteiger partial charge >= 0.3 is 17.9 Å². The van der Waals surface area contributed by atoms with E-state index in [1.54, 1.807) is 0 Å². The lowest BCUT2D eigenvalue weighted by atomic mass is 10.0. The first kappa shape index (κ1) is 79.1. The average molecular weight is 1150 g/mol. The van der Waals surface area contributed by atoms with Crippen LogP contribution in [0.4, 0.5) is 0 Å². The van der Waals surface area contributed by atoms with Crippen molar-refractivity contribution in [1.82, 2.24) is 0 Å². The van der Waals surface area contributed by atoms with Crippen molar-refractivity contribution in [2.45, 2.75) is 348 Å². The van der Waals surface area contributed by atoms with Crippen molar-refractivity contribution in [2.24, 2.45) is 0 Å². The maximum Gasteiger partial charge on any atom is 0.306 e. The third-order valence-corrected chi connectivity index (χ3v) is 15.2. The lowest BCUT2D eigenvalue weighted by molar-refractivity contribution is -0.166. The predicted molar refractivity (Wildman–Crippen MR) is 362 cm³/mol. The molecule has 0 aliphatic rings. The molecule has 0 rings (SSSR count). The van der Waals surface area contributed by atoms with E-state index in [0.29, 0.717) is 19.3 Å². The van der Waals surface area contributed by atoms with Gasteiger partial charge in [0.25, 0.3) is 0 Å². The lowest BCUT2D eigenvalue weighted by Gasteiger charge is -2.18. The molecule has 0 heterocycles. The summed E-state index contributed by atoms with van der Waals surface area (Å²) in [4.78, 5) is 38.3. The molecule has 6 heteroatoms. The standard InChI is InChI=1S/C77H132O6/c1-4-7-10-13-16-19-22-24-26-28-30-31-32-33-34-35-36-37-38-39-40-41-42-43-44-45-47-48-50-52-55-58-61-64-67-70-76(79)82-73-74(72-81-75(78)69-66-63-60-57-54-21-18-15-12-9-6-3)83-77(80)71-68-65-62-59-56-53-51-49-46-29-27-25-23-20-17-14-11-8-5-2/h8,11,15,17-18,20,22,24-25,27-28,30,46,49,53,56,62,65,74H,4-7,9-10,12-14,16,19,21,23,26,29,31-45,47-48,50-52,54-55,57-61,63-64,66-73H2,1-3H3/b11-8-,18-15-,20-17-,24-22-,27-25-,30-28-,49-46-,56-53-,65-62-. The number of esters is 3. The van der Waals surface area contributed by atoms with E-state index in [-0.39, 0.29) is 31.6 Å². The third-order valence-electron chi connectivity index (χ3n) is 15.2. The molecule has 83 heavy (non-hydrogen) atoms. The number of rotatable bonds is 64. The van der Waals surface area contributed by atoms with E-state index >= 15 is 0 Å². The van der Waals surface area contributed by atoms with Crippen molar-refractivity contribution in [3.05, 3.63) is 109 Å².